The minimum atomic E-state index is -0.805. The maximum absolute atomic E-state index is 10.7. The van der Waals surface area contributed by atoms with Crippen LogP contribution in [-0.2, 0) is 9.59 Å². The predicted molar refractivity (Wildman–Crippen MR) is 53.9 cm³/mol. The van der Waals surface area contributed by atoms with Gasteiger partial charge in [-0.2, -0.15) is 0 Å². The van der Waals surface area contributed by atoms with E-state index in [2.05, 4.69) is 5.32 Å². The summed E-state index contributed by atoms with van der Waals surface area (Å²) in [5.41, 5.74) is 0. The molecule has 14 heavy (non-hydrogen) atoms. The molecule has 0 heterocycles. The van der Waals surface area contributed by atoms with E-state index in [1.807, 2.05) is 13.8 Å². The molecule has 0 aromatic rings. The Morgan fingerprint density at radius 1 is 1.36 bits per heavy atom. The molecule has 0 radical (unpaired) electrons. The first kappa shape index (κ1) is 12.9. The van der Waals surface area contributed by atoms with Gasteiger partial charge in [0.15, 0.2) is 0 Å². The van der Waals surface area contributed by atoms with Crippen LogP contribution in [0.5, 0.6) is 0 Å². The number of hydrogen-bond acceptors (Lipinski definition) is 2. The van der Waals surface area contributed by atoms with Gasteiger partial charge in [0.25, 0.3) is 0 Å². The summed E-state index contributed by atoms with van der Waals surface area (Å²) < 4.78 is 0. The lowest BCUT2D eigenvalue weighted by atomic mass is 9.94. The second-order valence-electron chi connectivity index (χ2n) is 4.03. The molecule has 0 rings (SSSR count). The van der Waals surface area contributed by atoms with Crippen LogP contribution in [0.15, 0.2) is 0 Å². The van der Waals surface area contributed by atoms with Crippen molar-refractivity contribution in [1.29, 1.82) is 0 Å². The summed E-state index contributed by atoms with van der Waals surface area (Å²) in [7, 11) is 0. The molecular weight excluding hydrogens is 182 g/mol. The van der Waals surface area contributed by atoms with Gasteiger partial charge in [0, 0.05) is 19.9 Å². The molecule has 0 saturated carbocycles. The molecule has 0 spiro atoms. The molecular formula is C10H19NO3. The summed E-state index contributed by atoms with van der Waals surface area (Å²) >= 11 is 0. The Morgan fingerprint density at radius 3 is 2.29 bits per heavy atom. The molecule has 1 amide bonds. The van der Waals surface area contributed by atoms with Crippen LogP contribution in [0.1, 0.15) is 33.6 Å². The Bertz CT molecular complexity index is 202. The van der Waals surface area contributed by atoms with E-state index in [0.29, 0.717) is 12.5 Å². The Hall–Kier alpha value is -1.06. The highest BCUT2D eigenvalue weighted by Gasteiger charge is 2.14. The minimum absolute atomic E-state index is 0.0383. The van der Waals surface area contributed by atoms with E-state index in [-0.39, 0.29) is 18.2 Å². The number of carboxylic acids is 1. The monoisotopic (exact) mass is 201 g/mol. The second kappa shape index (κ2) is 6.40. The zero-order valence-electron chi connectivity index (χ0n) is 9.04. The summed E-state index contributed by atoms with van der Waals surface area (Å²) in [6.45, 7) is 5.98. The van der Waals surface area contributed by atoms with Crippen LogP contribution < -0.4 is 5.32 Å². The zero-order valence-corrected chi connectivity index (χ0v) is 9.04. The molecule has 0 bridgehead atoms. The lowest BCUT2D eigenvalue weighted by molar-refractivity contribution is -0.138. The standard InChI is InChI=1S/C10H19NO3/c1-7(2)4-9(5-10(13)14)6-11-8(3)12/h7,9H,4-6H2,1-3H3,(H,11,12)(H,13,14)/t9-/m0/s1. The number of carbonyl (C=O) groups excluding carboxylic acids is 1. The number of carboxylic acid groups (broad SMARTS) is 1. The average molecular weight is 201 g/mol. The number of carbonyl (C=O) groups is 2. The Labute approximate surface area is 84.7 Å². The van der Waals surface area contributed by atoms with Gasteiger partial charge in [0.2, 0.25) is 5.91 Å². The van der Waals surface area contributed by atoms with Crippen molar-refractivity contribution in [2.75, 3.05) is 6.54 Å². The van der Waals surface area contributed by atoms with E-state index in [4.69, 9.17) is 5.11 Å². The zero-order chi connectivity index (χ0) is 11.1. The maximum atomic E-state index is 10.7. The van der Waals surface area contributed by atoms with Crippen molar-refractivity contribution in [1.82, 2.24) is 5.32 Å². The topological polar surface area (TPSA) is 66.4 Å². The Kier molecular flexibility index (Phi) is 5.92. The molecule has 0 unspecified atom stereocenters. The van der Waals surface area contributed by atoms with Crippen molar-refractivity contribution in [3.8, 4) is 0 Å². The van der Waals surface area contributed by atoms with E-state index in [1.54, 1.807) is 0 Å². The summed E-state index contributed by atoms with van der Waals surface area (Å²) in [6.07, 6.45) is 0.949. The third kappa shape index (κ3) is 7.58. The maximum Gasteiger partial charge on any atom is 0.303 e. The van der Waals surface area contributed by atoms with Crippen molar-refractivity contribution >= 4 is 11.9 Å². The summed E-state index contributed by atoms with van der Waals surface area (Å²) in [6, 6.07) is 0. The molecule has 0 aliphatic carbocycles. The fraction of sp³-hybridized carbons (Fsp3) is 0.800. The van der Waals surface area contributed by atoms with Gasteiger partial charge in [0.1, 0.15) is 0 Å². The third-order valence-electron chi connectivity index (χ3n) is 1.91. The van der Waals surface area contributed by atoms with Crippen LogP contribution in [-0.4, -0.2) is 23.5 Å². The van der Waals surface area contributed by atoms with Gasteiger partial charge in [-0.25, -0.2) is 0 Å². The van der Waals surface area contributed by atoms with E-state index >= 15 is 0 Å². The number of amides is 1. The van der Waals surface area contributed by atoms with Gasteiger partial charge < -0.3 is 10.4 Å². The van der Waals surface area contributed by atoms with Gasteiger partial charge in [-0.05, 0) is 18.3 Å². The number of hydrogen-bond donors (Lipinski definition) is 2. The molecule has 0 fully saturated rings. The van der Waals surface area contributed by atoms with E-state index < -0.39 is 5.97 Å². The normalized spacial score (nSPS) is 12.6. The SMILES string of the molecule is CC(=O)NC[C@H](CC(=O)O)CC(C)C. The molecule has 1 atom stereocenters. The highest BCUT2D eigenvalue weighted by atomic mass is 16.4. The van der Waals surface area contributed by atoms with Gasteiger partial charge in [-0.3, -0.25) is 9.59 Å². The Balaban J connectivity index is 3.96. The quantitative estimate of drug-likeness (QED) is 0.680. The molecule has 82 valence electrons. The molecule has 0 aromatic carbocycles. The van der Waals surface area contributed by atoms with Crippen molar-refractivity contribution in [2.45, 2.75) is 33.6 Å². The molecule has 0 aliphatic rings. The molecule has 2 N–H and O–H groups in total. The first-order valence-electron chi connectivity index (χ1n) is 4.88. The van der Waals surface area contributed by atoms with Crippen LogP contribution in [0.2, 0.25) is 0 Å². The Morgan fingerprint density at radius 2 is 1.93 bits per heavy atom. The first-order chi connectivity index (χ1) is 6.41. The van der Waals surface area contributed by atoms with Gasteiger partial charge in [-0.15, -0.1) is 0 Å². The molecule has 4 nitrogen and oxygen atoms in total. The van der Waals surface area contributed by atoms with Crippen LogP contribution in [0.3, 0.4) is 0 Å². The van der Waals surface area contributed by atoms with Crippen LogP contribution in [0.25, 0.3) is 0 Å². The minimum Gasteiger partial charge on any atom is -0.481 e. The number of rotatable bonds is 6. The molecule has 0 saturated heterocycles. The summed E-state index contributed by atoms with van der Waals surface area (Å²) in [5.74, 6) is -0.422. The molecule has 0 aromatic heterocycles. The van der Waals surface area contributed by atoms with Crippen molar-refractivity contribution in [2.24, 2.45) is 11.8 Å². The van der Waals surface area contributed by atoms with Gasteiger partial charge in [0.05, 0.1) is 0 Å². The first-order valence-corrected chi connectivity index (χ1v) is 4.88. The van der Waals surface area contributed by atoms with E-state index in [0.717, 1.165) is 6.42 Å². The van der Waals surface area contributed by atoms with Crippen molar-refractivity contribution in [3.63, 3.8) is 0 Å². The van der Waals surface area contributed by atoms with Crippen molar-refractivity contribution < 1.29 is 14.7 Å². The summed E-state index contributed by atoms with van der Waals surface area (Å²) in [5, 5.41) is 11.3. The highest BCUT2D eigenvalue weighted by Crippen LogP contribution is 2.14. The average Bonchev–Trinajstić information content (AvgIpc) is 1.97. The summed E-state index contributed by atoms with van der Waals surface area (Å²) in [4.78, 5) is 21.2. The fourth-order valence-corrected chi connectivity index (χ4v) is 1.44. The van der Waals surface area contributed by atoms with Crippen molar-refractivity contribution in [3.05, 3.63) is 0 Å². The highest BCUT2D eigenvalue weighted by molar-refractivity contribution is 5.73. The lowest BCUT2D eigenvalue weighted by Gasteiger charge is -2.16. The molecule has 0 aliphatic heterocycles. The van der Waals surface area contributed by atoms with Gasteiger partial charge >= 0.3 is 5.97 Å². The largest absolute Gasteiger partial charge is 0.481 e. The van der Waals surface area contributed by atoms with E-state index in [9.17, 15) is 9.59 Å². The lowest BCUT2D eigenvalue weighted by Crippen LogP contribution is -2.29. The van der Waals surface area contributed by atoms with Crippen LogP contribution in [0.4, 0.5) is 0 Å². The number of nitrogens with one attached hydrogen (secondary N) is 1. The molecule has 4 heteroatoms. The fourth-order valence-electron chi connectivity index (χ4n) is 1.44. The third-order valence-corrected chi connectivity index (χ3v) is 1.91. The van der Waals surface area contributed by atoms with Crippen LogP contribution in [0, 0.1) is 11.8 Å². The van der Waals surface area contributed by atoms with E-state index in [1.165, 1.54) is 6.92 Å². The van der Waals surface area contributed by atoms with Crippen LogP contribution >= 0.6 is 0 Å². The van der Waals surface area contributed by atoms with Gasteiger partial charge in [-0.1, -0.05) is 13.8 Å². The second-order valence-corrected chi connectivity index (χ2v) is 4.03. The predicted octanol–water partition coefficient (Wildman–Crippen LogP) is 1.26. The smallest absolute Gasteiger partial charge is 0.303 e. The number of aliphatic carboxylic acids is 1.